The van der Waals surface area contributed by atoms with E-state index in [1.807, 2.05) is 0 Å². The van der Waals surface area contributed by atoms with Crippen molar-refractivity contribution in [2.45, 2.75) is 32.2 Å². The van der Waals surface area contributed by atoms with Crippen LogP contribution in [0.3, 0.4) is 0 Å². The number of amides is 1. The van der Waals surface area contributed by atoms with Gasteiger partial charge in [0.1, 0.15) is 17.5 Å². The first-order valence-corrected chi connectivity index (χ1v) is 6.14. The summed E-state index contributed by atoms with van der Waals surface area (Å²) in [5.74, 6) is -3.27. The molecule has 6 heteroatoms. The lowest BCUT2D eigenvalue weighted by Crippen LogP contribution is -2.23. The first-order chi connectivity index (χ1) is 9.04. The predicted octanol–water partition coefficient (Wildman–Crippen LogP) is 2.24. The number of nitrogens with two attached hydrogens (primary N) is 1. The van der Waals surface area contributed by atoms with Crippen LogP contribution >= 0.6 is 0 Å². The molecule has 0 heterocycles. The minimum atomic E-state index is -0.999. The van der Waals surface area contributed by atoms with Crippen LogP contribution in [0.4, 0.5) is 13.2 Å². The summed E-state index contributed by atoms with van der Waals surface area (Å²) in [6.45, 7) is 0.293. The Morgan fingerprint density at radius 3 is 2.32 bits per heavy atom. The van der Waals surface area contributed by atoms with Crippen LogP contribution in [0.25, 0.3) is 0 Å². The van der Waals surface area contributed by atoms with E-state index in [9.17, 15) is 18.0 Å². The second kappa shape index (κ2) is 7.78. The highest BCUT2D eigenvalue weighted by atomic mass is 19.1. The van der Waals surface area contributed by atoms with Crippen molar-refractivity contribution >= 4 is 5.91 Å². The minimum Gasteiger partial charge on any atom is -0.352 e. The highest BCUT2D eigenvalue weighted by Gasteiger charge is 2.12. The fraction of sp³-hybridized carbons (Fsp3) is 0.462. The Balaban J connectivity index is 2.42. The molecule has 0 spiro atoms. The van der Waals surface area contributed by atoms with E-state index in [1.165, 1.54) is 0 Å². The Morgan fingerprint density at radius 2 is 1.74 bits per heavy atom. The zero-order valence-electron chi connectivity index (χ0n) is 10.5. The van der Waals surface area contributed by atoms with E-state index < -0.39 is 17.5 Å². The molecule has 106 valence electrons. The van der Waals surface area contributed by atoms with Crippen LogP contribution in [0.15, 0.2) is 12.1 Å². The number of nitrogens with one attached hydrogen (secondary N) is 1. The van der Waals surface area contributed by atoms with Crippen molar-refractivity contribution < 1.29 is 18.0 Å². The molecular formula is C13H17F3N2O. The van der Waals surface area contributed by atoms with Crippen molar-refractivity contribution in [1.29, 1.82) is 0 Å². The van der Waals surface area contributed by atoms with Crippen molar-refractivity contribution in [1.82, 2.24) is 5.32 Å². The molecule has 0 aliphatic heterocycles. The van der Waals surface area contributed by atoms with Gasteiger partial charge < -0.3 is 11.1 Å². The molecule has 0 fully saturated rings. The maximum absolute atomic E-state index is 13.3. The van der Waals surface area contributed by atoms with Gasteiger partial charge in [0.2, 0.25) is 5.91 Å². The first-order valence-electron chi connectivity index (χ1n) is 6.14. The van der Waals surface area contributed by atoms with Gasteiger partial charge in [0, 0.05) is 30.7 Å². The van der Waals surface area contributed by atoms with E-state index in [-0.39, 0.29) is 24.4 Å². The number of benzene rings is 1. The third-order valence-corrected chi connectivity index (χ3v) is 2.68. The van der Waals surface area contributed by atoms with E-state index in [2.05, 4.69) is 5.32 Å². The summed E-state index contributed by atoms with van der Waals surface area (Å²) in [7, 11) is 0. The molecule has 19 heavy (non-hydrogen) atoms. The minimum absolute atomic E-state index is 0.282. The molecule has 0 aliphatic carbocycles. The average molecular weight is 274 g/mol. The average Bonchev–Trinajstić information content (AvgIpc) is 2.33. The standard InChI is InChI=1S/C13H17F3N2O/c14-9-6-11(15)10(12(16)7-9)8-18-13(19)4-2-1-3-5-17/h6-7H,1-5,8,17H2,(H,18,19). The fourth-order valence-electron chi connectivity index (χ4n) is 1.62. The van der Waals surface area contributed by atoms with Crippen LogP contribution in [-0.4, -0.2) is 12.5 Å². The van der Waals surface area contributed by atoms with Crippen molar-refractivity contribution in [2.75, 3.05) is 6.54 Å². The van der Waals surface area contributed by atoms with Gasteiger partial charge in [0.15, 0.2) is 0 Å². The maximum atomic E-state index is 13.3. The van der Waals surface area contributed by atoms with Gasteiger partial charge in [-0.2, -0.15) is 0 Å². The van der Waals surface area contributed by atoms with E-state index >= 15 is 0 Å². The molecule has 0 saturated carbocycles. The molecule has 0 saturated heterocycles. The molecule has 0 bridgehead atoms. The van der Waals surface area contributed by atoms with Gasteiger partial charge in [0.05, 0.1) is 0 Å². The Labute approximate surface area is 110 Å². The van der Waals surface area contributed by atoms with Gasteiger partial charge in [-0.25, -0.2) is 13.2 Å². The molecule has 0 radical (unpaired) electrons. The smallest absolute Gasteiger partial charge is 0.220 e. The Kier molecular flexibility index (Phi) is 6.35. The van der Waals surface area contributed by atoms with Gasteiger partial charge in [-0.3, -0.25) is 4.79 Å². The monoisotopic (exact) mass is 274 g/mol. The SMILES string of the molecule is NCCCCCC(=O)NCc1c(F)cc(F)cc1F. The molecule has 1 rings (SSSR count). The van der Waals surface area contributed by atoms with Crippen LogP contribution in [0, 0.1) is 17.5 Å². The summed E-state index contributed by atoms with van der Waals surface area (Å²) >= 11 is 0. The van der Waals surface area contributed by atoms with Crippen LogP contribution in [-0.2, 0) is 11.3 Å². The summed E-state index contributed by atoms with van der Waals surface area (Å²) in [6, 6.07) is 1.18. The zero-order valence-corrected chi connectivity index (χ0v) is 10.5. The number of carbonyl (C=O) groups is 1. The van der Waals surface area contributed by atoms with Crippen LogP contribution < -0.4 is 11.1 Å². The lowest BCUT2D eigenvalue weighted by molar-refractivity contribution is -0.121. The van der Waals surface area contributed by atoms with Crippen LogP contribution in [0.5, 0.6) is 0 Å². The van der Waals surface area contributed by atoms with Crippen molar-refractivity contribution in [3.63, 3.8) is 0 Å². The van der Waals surface area contributed by atoms with Gasteiger partial charge in [-0.1, -0.05) is 6.42 Å². The lowest BCUT2D eigenvalue weighted by Gasteiger charge is -2.07. The van der Waals surface area contributed by atoms with Gasteiger partial charge in [0.25, 0.3) is 0 Å². The van der Waals surface area contributed by atoms with Crippen LogP contribution in [0.1, 0.15) is 31.2 Å². The number of halogens is 3. The molecule has 0 aliphatic rings. The maximum Gasteiger partial charge on any atom is 0.220 e. The van der Waals surface area contributed by atoms with Crippen molar-refractivity contribution in [3.8, 4) is 0 Å². The second-order valence-corrected chi connectivity index (χ2v) is 4.22. The van der Waals surface area contributed by atoms with E-state index in [0.29, 0.717) is 25.1 Å². The number of carbonyl (C=O) groups excluding carboxylic acids is 1. The Hall–Kier alpha value is -1.56. The number of hydrogen-bond acceptors (Lipinski definition) is 2. The quantitative estimate of drug-likeness (QED) is 0.749. The van der Waals surface area contributed by atoms with E-state index in [4.69, 9.17) is 5.73 Å². The fourth-order valence-corrected chi connectivity index (χ4v) is 1.62. The van der Waals surface area contributed by atoms with Crippen molar-refractivity contribution in [3.05, 3.63) is 35.1 Å². The summed E-state index contributed by atoms with van der Waals surface area (Å²) in [5.41, 5.74) is 4.97. The normalized spacial score (nSPS) is 10.5. The van der Waals surface area contributed by atoms with Gasteiger partial charge in [-0.15, -0.1) is 0 Å². The van der Waals surface area contributed by atoms with Crippen molar-refractivity contribution in [2.24, 2.45) is 5.73 Å². The Morgan fingerprint density at radius 1 is 1.11 bits per heavy atom. The summed E-state index contributed by atoms with van der Waals surface area (Å²) in [5, 5.41) is 2.40. The molecule has 1 aromatic carbocycles. The Bertz CT molecular complexity index is 415. The molecular weight excluding hydrogens is 257 g/mol. The second-order valence-electron chi connectivity index (χ2n) is 4.22. The predicted molar refractivity (Wildman–Crippen MR) is 65.7 cm³/mol. The largest absolute Gasteiger partial charge is 0.352 e. The molecule has 0 atom stereocenters. The first kappa shape index (κ1) is 15.5. The lowest BCUT2D eigenvalue weighted by atomic mass is 10.1. The van der Waals surface area contributed by atoms with Gasteiger partial charge in [-0.05, 0) is 19.4 Å². The zero-order chi connectivity index (χ0) is 14.3. The highest BCUT2D eigenvalue weighted by molar-refractivity contribution is 5.75. The third kappa shape index (κ3) is 5.30. The summed E-state index contributed by atoms with van der Waals surface area (Å²) < 4.78 is 39.2. The van der Waals surface area contributed by atoms with E-state index in [1.54, 1.807) is 0 Å². The topological polar surface area (TPSA) is 55.1 Å². The van der Waals surface area contributed by atoms with Gasteiger partial charge >= 0.3 is 0 Å². The third-order valence-electron chi connectivity index (χ3n) is 2.68. The van der Waals surface area contributed by atoms with Crippen LogP contribution in [0.2, 0.25) is 0 Å². The van der Waals surface area contributed by atoms with E-state index in [0.717, 1.165) is 12.8 Å². The summed E-state index contributed by atoms with van der Waals surface area (Å²) in [6.07, 6.45) is 2.64. The highest BCUT2D eigenvalue weighted by Crippen LogP contribution is 2.14. The number of hydrogen-bond donors (Lipinski definition) is 2. The molecule has 0 unspecified atom stereocenters. The molecule has 3 N–H and O–H groups in total. The molecule has 0 aromatic heterocycles. The number of unbranched alkanes of at least 4 members (excludes halogenated alkanes) is 2. The molecule has 1 aromatic rings. The number of rotatable bonds is 7. The summed E-state index contributed by atoms with van der Waals surface area (Å²) in [4.78, 5) is 11.4. The molecule has 3 nitrogen and oxygen atoms in total. The molecule has 1 amide bonds.